The molecule has 0 heterocycles. The number of hydrogen-bond acceptors (Lipinski definition) is 6. The SMILES string of the molecule is COc1ccc(C(=O)Oc2ccc3ccccc3c2/C=N/NS(=O)(=O)c2ccc(Cl)cc2)cc1. The zero-order valence-corrected chi connectivity index (χ0v) is 19.5. The van der Waals surface area contributed by atoms with E-state index in [1.165, 1.54) is 37.6 Å². The van der Waals surface area contributed by atoms with Crippen molar-refractivity contribution in [3.8, 4) is 11.5 Å². The Morgan fingerprint density at radius 2 is 1.65 bits per heavy atom. The molecule has 0 saturated carbocycles. The van der Waals surface area contributed by atoms with Crippen LogP contribution in [0, 0.1) is 0 Å². The number of sulfonamides is 1. The average Bonchev–Trinajstić information content (AvgIpc) is 2.85. The summed E-state index contributed by atoms with van der Waals surface area (Å²) in [5.41, 5.74) is 0.777. The molecule has 0 bridgehead atoms. The van der Waals surface area contributed by atoms with Crippen LogP contribution in [0.15, 0.2) is 94.9 Å². The fourth-order valence-corrected chi connectivity index (χ4v) is 4.13. The van der Waals surface area contributed by atoms with Gasteiger partial charge in [0, 0.05) is 10.6 Å². The summed E-state index contributed by atoms with van der Waals surface area (Å²) in [6.45, 7) is 0. The monoisotopic (exact) mass is 494 g/mol. The molecular formula is C25H19ClN2O5S. The first-order valence-electron chi connectivity index (χ1n) is 10.1. The minimum Gasteiger partial charge on any atom is -0.497 e. The van der Waals surface area contributed by atoms with Gasteiger partial charge in [0.1, 0.15) is 11.5 Å². The highest BCUT2D eigenvalue weighted by Crippen LogP contribution is 2.28. The molecule has 7 nitrogen and oxygen atoms in total. The van der Waals surface area contributed by atoms with E-state index in [2.05, 4.69) is 9.93 Å². The largest absolute Gasteiger partial charge is 0.497 e. The summed E-state index contributed by atoms with van der Waals surface area (Å²) in [6, 6.07) is 23.1. The van der Waals surface area contributed by atoms with Crippen molar-refractivity contribution < 1.29 is 22.7 Å². The first kappa shape index (κ1) is 23.3. The van der Waals surface area contributed by atoms with Gasteiger partial charge in [-0.25, -0.2) is 9.63 Å². The number of rotatable bonds is 7. The van der Waals surface area contributed by atoms with Crippen LogP contribution in [0.2, 0.25) is 5.02 Å². The van der Waals surface area contributed by atoms with Gasteiger partial charge in [-0.3, -0.25) is 0 Å². The number of methoxy groups -OCH3 is 1. The quantitative estimate of drug-likeness (QED) is 0.168. The summed E-state index contributed by atoms with van der Waals surface area (Å²) < 4.78 is 35.8. The second kappa shape index (κ2) is 9.94. The normalized spacial score (nSPS) is 11.5. The molecule has 0 unspecified atom stereocenters. The van der Waals surface area contributed by atoms with Gasteiger partial charge < -0.3 is 9.47 Å². The van der Waals surface area contributed by atoms with Crippen LogP contribution in [0.25, 0.3) is 10.8 Å². The van der Waals surface area contributed by atoms with Crippen LogP contribution in [0.1, 0.15) is 15.9 Å². The molecule has 0 aliphatic rings. The fraction of sp³-hybridized carbons (Fsp3) is 0.0400. The summed E-state index contributed by atoms with van der Waals surface area (Å²) >= 11 is 5.83. The number of nitrogens with zero attached hydrogens (tertiary/aromatic N) is 1. The maximum absolute atomic E-state index is 12.7. The number of carbonyl (C=O) groups is 1. The molecule has 172 valence electrons. The molecule has 0 aliphatic heterocycles. The number of hydrogen-bond donors (Lipinski definition) is 1. The van der Waals surface area contributed by atoms with Gasteiger partial charge in [-0.1, -0.05) is 41.9 Å². The highest BCUT2D eigenvalue weighted by atomic mass is 35.5. The van der Waals surface area contributed by atoms with Gasteiger partial charge in [0.2, 0.25) is 0 Å². The van der Waals surface area contributed by atoms with Crippen molar-refractivity contribution in [1.29, 1.82) is 0 Å². The molecule has 4 rings (SSSR count). The van der Waals surface area contributed by atoms with E-state index in [0.29, 0.717) is 21.9 Å². The summed E-state index contributed by atoms with van der Waals surface area (Å²) in [4.78, 5) is 14.9. The van der Waals surface area contributed by atoms with E-state index in [4.69, 9.17) is 21.1 Å². The summed E-state index contributed by atoms with van der Waals surface area (Å²) in [6.07, 6.45) is 1.31. The molecule has 1 N–H and O–H groups in total. The topological polar surface area (TPSA) is 94.1 Å². The van der Waals surface area contributed by atoms with Crippen molar-refractivity contribution >= 4 is 44.6 Å². The molecule has 9 heteroatoms. The lowest BCUT2D eigenvalue weighted by Crippen LogP contribution is -2.18. The Kier molecular flexibility index (Phi) is 6.81. The highest BCUT2D eigenvalue weighted by Gasteiger charge is 2.15. The number of halogens is 1. The minimum absolute atomic E-state index is 0.0122. The van der Waals surface area contributed by atoms with Gasteiger partial charge in [0.25, 0.3) is 10.0 Å². The molecule has 0 atom stereocenters. The van der Waals surface area contributed by atoms with Crippen LogP contribution in [0.5, 0.6) is 11.5 Å². The van der Waals surface area contributed by atoms with Crippen molar-refractivity contribution in [3.63, 3.8) is 0 Å². The lowest BCUT2D eigenvalue weighted by molar-refractivity contribution is 0.0734. The van der Waals surface area contributed by atoms with E-state index < -0.39 is 16.0 Å². The van der Waals surface area contributed by atoms with Crippen molar-refractivity contribution in [2.75, 3.05) is 7.11 Å². The Bertz CT molecular complexity index is 1470. The maximum atomic E-state index is 12.7. The first-order valence-corrected chi connectivity index (χ1v) is 11.9. The highest BCUT2D eigenvalue weighted by molar-refractivity contribution is 7.89. The minimum atomic E-state index is -3.91. The third kappa shape index (κ3) is 5.19. The van der Waals surface area contributed by atoms with Gasteiger partial charge in [-0.05, 0) is 65.4 Å². The number of benzene rings is 4. The van der Waals surface area contributed by atoms with E-state index in [1.807, 2.05) is 24.3 Å². The van der Waals surface area contributed by atoms with Crippen molar-refractivity contribution in [2.24, 2.45) is 5.10 Å². The average molecular weight is 495 g/mol. The third-order valence-electron chi connectivity index (χ3n) is 4.95. The molecule has 0 spiro atoms. The van der Waals surface area contributed by atoms with Gasteiger partial charge >= 0.3 is 5.97 Å². The number of esters is 1. The van der Waals surface area contributed by atoms with Crippen LogP contribution in [0.4, 0.5) is 0 Å². The lowest BCUT2D eigenvalue weighted by atomic mass is 10.0. The Morgan fingerprint density at radius 1 is 0.941 bits per heavy atom. The molecule has 0 saturated heterocycles. The first-order chi connectivity index (χ1) is 16.4. The molecule has 34 heavy (non-hydrogen) atoms. The Morgan fingerprint density at radius 3 is 2.35 bits per heavy atom. The summed E-state index contributed by atoms with van der Waals surface area (Å²) in [5.74, 6) is 0.270. The van der Waals surface area contributed by atoms with Crippen molar-refractivity contribution in [2.45, 2.75) is 4.90 Å². The van der Waals surface area contributed by atoms with Crippen molar-refractivity contribution in [3.05, 3.63) is 101 Å². The second-order valence-corrected chi connectivity index (χ2v) is 9.22. The number of hydrazone groups is 1. The Balaban J connectivity index is 1.64. The molecule has 0 fully saturated rings. The molecule has 4 aromatic carbocycles. The standard InChI is InChI=1S/C25H19ClN2O5S/c1-32-20-11-6-18(7-12-20)25(29)33-24-15-8-17-4-2-3-5-22(17)23(24)16-27-28-34(30,31)21-13-9-19(26)10-14-21/h2-16,28H,1H3/b27-16+. The zero-order valence-electron chi connectivity index (χ0n) is 17.9. The van der Waals surface area contributed by atoms with Crippen molar-refractivity contribution in [1.82, 2.24) is 4.83 Å². The Labute approximate surface area is 201 Å². The number of carbonyl (C=O) groups excluding carboxylic acids is 1. The smallest absolute Gasteiger partial charge is 0.343 e. The van der Waals surface area contributed by atoms with E-state index in [9.17, 15) is 13.2 Å². The molecule has 0 aromatic heterocycles. The van der Waals surface area contributed by atoms with Gasteiger partial charge in [-0.2, -0.15) is 13.5 Å². The van der Waals surface area contributed by atoms with Gasteiger partial charge in [0.15, 0.2) is 0 Å². The molecule has 4 aromatic rings. The van der Waals surface area contributed by atoms with E-state index in [-0.39, 0.29) is 10.6 Å². The van der Waals surface area contributed by atoms with Gasteiger partial charge in [0.05, 0.1) is 23.8 Å². The number of fused-ring (bicyclic) bond motifs is 1. The van der Waals surface area contributed by atoms with E-state index >= 15 is 0 Å². The summed E-state index contributed by atoms with van der Waals surface area (Å²) in [7, 11) is -2.38. The summed E-state index contributed by atoms with van der Waals surface area (Å²) in [5, 5.41) is 5.94. The molecule has 0 amide bonds. The van der Waals surface area contributed by atoms with Crippen LogP contribution in [-0.2, 0) is 10.0 Å². The predicted octanol–water partition coefficient (Wildman–Crippen LogP) is 5.03. The van der Waals surface area contributed by atoms with E-state index in [0.717, 1.165) is 10.8 Å². The third-order valence-corrected chi connectivity index (χ3v) is 6.44. The second-order valence-electron chi connectivity index (χ2n) is 7.12. The lowest BCUT2D eigenvalue weighted by Gasteiger charge is -2.11. The zero-order chi connectivity index (χ0) is 24.1. The number of ether oxygens (including phenoxy) is 2. The van der Waals surface area contributed by atoms with Crippen LogP contribution < -0.4 is 14.3 Å². The van der Waals surface area contributed by atoms with Crippen LogP contribution >= 0.6 is 11.6 Å². The predicted molar refractivity (Wildman–Crippen MR) is 131 cm³/mol. The molecule has 0 radical (unpaired) electrons. The van der Waals surface area contributed by atoms with Crippen LogP contribution in [-0.4, -0.2) is 27.7 Å². The fourth-order valence-electron chi connectivity index (χ4n) is 3.21. The van der Waals surface area contributed by atoms with Gasteiger partial charge in [-0.15, -0.1) is 0 Å². The van der Waals surface area contributed by atoms with E-state index in [1.54, 1.807) is 36.4 Å². The molecular weight excluding hydrogens is 476 g/mol. The Hall–Kier alpha value is -3.88. The molecule has 0 aliphatic carbocycles. The van der Waals surface area contributed by atoms with Crippen LogP contribution in [0.3, 0.4) is 0 Å². The number of nitrogens with one attached hydrogen (secondary N) is 1. The maximum Gasteiger partial charge on any atom is 0.343 e.